The molecule has 0 fully saturated rings. The predicted molar refractivity (Wildman–Crippen MR) is 78.9 cm³/mol. The molecule has 0 radical (unpaired) electrons. The van der Waals surface area contributed by atoms with Crippen LogP contribution in [0.15, 0.2) is 24.3 Å². The number of carbonyl (C=O) groups excluding carboxylic acids is 1. The lowest BCUT2D eigenvalue weighted by atomic mass is 10.2. The lowest BCUT2D eigenvalue weighted by Crippen LogP contribution is -2.27. The van der Waals surface area contributed by atoms with E-state index in [0.717, 1.165) is 0 Å². The Labute approximate surface area is 122 Å². The first-order valence-corrected chi connectivity index (χ1v) is 6.59. The van der Waals surface area contributed by atoms with E-state index in [4.69, 9.17) is 16.3 Å². The van der Waals surface area contributed by atoms with Crippen LogP contribution in [0, 0.1) is 0 Å². The van der Waals surface area contributed by atoms with Crippen LogP contribution in [0.4, 0.5) is 5.82 Å². The Hall–Kier alpha value is -1.72. The van der Waals surface area contributed by atoms with Gasteiger partial charge in [-0.15, -0.1) is 0 Å². The van der Waals surface area contributed by atoms with Crippen molar-refractivity contribution in [2.75, 3.05) is 11.9 Å². The van der Waals surface area contributed by atoms with Gasteiger partial charge in [-0.3, -0.25) is 4.79 Å². The molecule has 2 rings (SSSR count). The van der Waals surface area contributed by atoms with Crippen molar-refractivity contribution >= 4 is 34.4 Å². The number of anilines is 1. The monoisotopic (exact) mass is 293 g/mol. The minimum absolute atomic E-state index is 0.0612. The summed E-state index contributed by atoms with van der Waals surface area (Å²) in [7, 11) is 0. The van der Waals surface area contributed by atoms with Gasteiger partial charge in [-0.25, -0.2) is 9.97 Å². The largest absolute Gasteiger partial charge is 0.366 e. The smallest absolute Gasteiger partial charge is 0.251 e. The van der Waals surface area contributed by atoms with E-state index < -0.39 is 0 Å². The standard InChI is InChI=1S/C14H16ClN3O2/c1-14(2,3)20-8-11(19)18-13-12(15)16-9-6-4-5-7-10(9)17-13/h4-7H,8H2,1-3H3,(H,17,18,19). The number of nitrogens with one attached hydrogen (secondary N) is 1. The molecule has 106 valence electrons. The van der Waals surface area contributed by atoms with Crippen LogP contribution < -0.4 is 5.32 Å². The average molecular weight is 294 g/mol. The second-order valence-corrected chi connectivity index (χ2v) is 5.66. The van der Waals surface area contributed by atoms with Gasteiger partial charge in [0.05, 0.1) is 16.6 Å². The highest BCUT2D eigenvalue weighted by Crippen LogP contribution is 2.21. The summed E-state index contributed by atoms with van der Waals surface area (Å²) in [5, 5.41) is 2.77. The highest BCUT2D eigenvalue weighted by Gasteiger charge is 2.15. The van der Waals surface area contributed by atoms with E-state index in [9.17, 15) is 4.79 Å². The zero-order valence-corrected chi connectivity index (χ0v) is 12.4. The van der Waals surface area contributed by atoms with Gasteiger partial charge in [-0.05, 0) is 32.9 Å². The molecule has 2 aromatic rings. The molecule has 0 saturated heterocycles. The number of halogens is 1. The Morgan fingerprint density at radius 1 is 1.25 bits per heavy atom. The van der Waals surface area contributed by atoms with Gasteiger partial charge in [0.15, 0.2) is 11.0 Å². The van der Waals surface area contributed by atoms with E-state index in [2.05, 4.69) is 15.3 Å². The van der Waals surface area contributed by atoms with E-state index >= 15 is 0 Å². The molecular formula is C14H16ClN3O2. The summed E-state index contributed by atoms with van der Waals surface area (Å²) in [5.41, 5.74) is 0.973. The number of rotatable bonds is 3. The zero-order valence-electron chi connectivity index (χ0n) is 11.6. The molecule has 20 heavy (non-hydrogen) atoms. The van der Waals surface area contributed by atoms with Gasteiger partial charge in [-0.2, -0.15) is 0 Å². The fraction of sp³-hybridized carbons (Fsp3) is 0.357. The quantitative estimate of drug-likeness (QED) is 0.945. The van der Waals surface area contributed by atoms with Crippen LogP contribution >= 0.6 is 11.6 Å². The number of benzene rings is 1. The maximum Gasteiger partial charge on any atom is 0.251 e. The third-order valence-electron chi connectivity index (χ3n) is 2.42. The number of fused-ring (bicyclic) bond motifs is 1. The van der Waals surface area contributed by atoms with Crippen molar-refractivity contribution in [3.63, 3.8) is 0 Å². The molecule has 0 saturated carbocycles. The van der Waals surface area contributed by atoms with Crippen LogP contribution in [0.25, 0.3) is 11.0 Å². The predicted octanol–water partition coefficient (Wildman–Crippen LogP) is 3.04. The van der Waals surface area contributed by atoms with Crippen molar-refractivity contribution in [2.24, 2.45) is 0 Å². The third kappa shape index (κ3) is 3.88. The molecule has 0 aliphatic carbocycles. The minimum Gasteiger partial charge on any atom is -0.366 e. The van der Waals surface area contributed by atoms with Crippen LogP contribution in [-0.2, 0) is 9.53 Å². The van der Waals surface area contributed by atoms with Gasteiger partial charge in [0.25, 0.3) is 5.91 Å². The fourth-order valence-electron chi connectivity index (χ4n) is 1.51. The number of amides is 1. The number of nitrogens with zero attached hydrogens (tertiary/aromatic N) is 2. The normalized spacial score (nSPS) is 11.6. The number of aromatic nitrogens is 2. The zero-order chi connectivity index (χ0) is 14.8. The first-order chi connectivity index (χ1) is 9.35. The molecule has 5 nitrogen and oxygen atoms in total. The summed E-state index contributed by atoms with van der Waals surface area (Å²) in [6, 6.07) is 7.31. The van der Waals surface area contributed by atoms with Crippen LogP contribution in [0.1, 0.15) is 20.8 Å². The van der Waals surface area contributed by atoms with Crippen LogP contribution in [0.3, 0.4) is 0 Å². The number of hydrogen-bond donors (Lipinski definition) is 1. The molecule has 0 spiro atoms. The van der Waals surface area contributed by atoms with Crippen LogP contribution in [0.2, 0.25) is 5.15 Å². The number of ether oxygens (including phenoxy) is 1. The third-order valence-corrected chi connectivity index (χ3v) is 2.69. The van der Waals surface area contributed by atoms with Gasteiger partial charge < -0.3 is 10.1 Å². The van der Waals surface area contributed by atoms with Crippen molar-refractivity contribution in [2.45, 2.75) is 26.4 Å². The van der Waals surface area contributed by atoms with E-state index in [0.29, 0.717) is 11.0 Å². The Morgan fingerprint density at radius 2 is 1.85 bits per heavy atom. The summed E-state index contributed by atoms with van der Waals surface area (Å²) in [6.07, 6.45) is 0. The molecule has 0 atom stereocenters. The topological polar surface area (TPSA) is 64.1 Å². The lowest BCUT2D eigenvalue weighted by molar-refractivity contribution is -0.125. The van der Waals surface area contributed by atoms with E-state index in [1.54, 1.807) is 6.07 Å². The number of para-hydroxylation sites is 2. The van der Waals surface area contributed by atoms with Crippen LogP contribution in [0.5, 0.6) is 0 Å². The second kappa shape index (κ2) is 5.73. The van der Waals surface area contributed by atoms with Crippen molar-refractivity contribution in [3.8, 4) is 0 Å². The summed E-state index contributed by atoms with van der Waals surface area (Å²) < 4.78 is 5.39. The van der Waals surface area contributed by atoms with Crippen LogP contribution in [-0.4, -0.2) is 28.1 Å². The van der Waals surface area contributed by atoms with Crippen molar-refractivity contribution in [1.29, 1.82) is 0 Å². The molecule has 1 aromatic heterocycles. The highest BCUT2D eigenvalue weighted by atomic mass is 35.5. The Balaban J connectivity index is 2.13. The number of carbonyl (C=O) groups is 1. The summed E-state index contributed by atoms with van der Waals surface area (Å²) in [5.74, 6) is -0.0701. The Kier molecular flexibility index (Phi) is 4.20. The first kappa shape index (κ1) is 14.7. The van der Waals surface area contributed by atoms with Crippen molar-refractivity contribution in [1.82, 2.24) is 9.97 Å². The van der Waals surface area contributed by atoms with Crippen molar-refractivity contribution < 1.29 is 9.53 Å². The molecule has 1 aromatic carbocycles. The summed E-state index contributed by atoms with van der Waals surface area (Å²) >= 11 is 6.01. The minimum atomic E-state index is -0.379. The Morgan fingerprint density at radius 3 is 2.45 bits per heavy atom. The maximum atomic E-state index is 11.8. The van der Waals surface area contributed by atoms with E-state index in [1.807, 2.05) is 39.0 Å². The highest BCUT2D eigenvalue weighted by molar-refractivity contribution is 6.32. The Bertz CT molecular complexity index is 638. The van der Waals surface area contributed by atoms with Gasteiger partial charge in [-0.1, -0.05) is 23.7 Å². The molecule has 0 unspecified atom stereocenters. The molecule has 0 bridgehead atoms. The van der Waals surface area contributed by atoms with Gasteiger partial charge >= 0.3 is 0 Å². The summed E-state index contributed by atoms with van der Waals surface area (Å²) in [6.45, 7) is 5.57. The number of hydrogen-bond acceptors (Lipinski definition) is 4. The summed E-state index contributed by atoms with van der Waals surface area (Å²) in [4.78, 5) is 20.2. The molecule has 1 N–H and O–H groups in total. The molecule has 1 heterocycles. The fourth-order valence-corrected chi connectivity index (χ4v) is 1.69. The second-order valence-electron chi connectivity index (χ2n) is 5.30. The van der Waals surface area contributed by atoms with Crippen molar-refractivity contribution in [3.05, 3.63) is 29.4 Å². The van der Waals surface area contributed by atoms with E-state index in [1.165, 1.54) is 0 Å². The first-order valence-electron chi connectivity index (χ1n) is 6.21. The SMILES string of the molecule is CC(C)(C)OCC(=O)Nc1nc2ccccc2nc1Cl. The van der Waals surface area contributed by atoms with Gasteiger partial charge in [0.2, 0.25) is 0 Å². The molecule has 6 heteroatoms. The maximum absolute atomic E-state index is 11.8. The molecule has 0 aliphatic heterocycles. The molecule has 0 aliphatic rings. The lowest BCUT2D eigenvalue weighted by Gasteiger charge is -2.18. The van der Waals surface area contributed by atoms with Gasteiger partial charge in [0.1, 0.15) is 6.61 Å². The van der Waals surface area contributed by atoms with Gasteiger partial charge in [0, 0.05) is 0 Å². The van der Waals surface area contributed by atoms with E-state index in [-0.39, 0.29) is 29.1 Å². The molecule has 1 amide bonds. The molecular weight excluding hydrogens is 278 g/mol. The average Bonchev–Trinajstić information content (AvgIpc) is 2.36.